The van der Waals surface area contributed by atoms with Crippen molar-refractivity contribution in [3.63, 3.8) is 0 Å². The van der Waals surface area contributed by atoms with Gasteiger partial charge >= 0.3 is 0 Å². The van der Waals surface area contributed by atoms with Crippen molar-refractivity contribution in [2.24, 2.45) is 0 Å². The zero-order valence-corrected chi connectivity index (χ0v) is 10.4. The first-order valence-corrected chi connectivity index (χ1v) is 5.91. The van der Waals surface area contributed by atoms with E-state index in [0.29, 0.717) is 28.6 Å². The van der Waals surface area contributed by atoms with Crippen LogP contribution in [0.2, 0.25) is 0 Å². The van der Waals surface area contributed by atoms with Gasteiger partial charge in [0.1, 0.15) is 11.5 Å². The fraction of sp³-hybridized carbons (Fsp3) is 0.133. The van der Waals surface area contributed by atoms with Crippen LogP contribution in [0.1, 0.15) is 17.3 Å². The fourth-order valence-corrected chi connectivity index (χ4v) is 1.91. The summed E-state index contributed by atoms with van der Waals surface area (Å²) >= 11 is 0. The smallest absolute Gasteiger partial charge is 0.231 e. The number of hydrogen-bond acceptors (Lipinski definition) is 4. The number of fused-ring (bicyclic) bond motifs is 1. The highest BCUT2D eigenvalue weighted by molar-refractivity contribution is 5.96. The standard InChI is InChI=1S/C15H12O4/c1-10(16)12-4-2-3-5-13(12)19-11-6-7-14-15(8-11)18-9-17-14/h2-8H,9H2,1H3. The van der Waals surface area contributed by atoms with E-state index >= 15 is 0 Å². The Hall–Kier alpha value is -2.49. The van der Waals surface area contributed by atoms with Gasteiger partial charge < -0.3 is 14.2 Å². The van der Waals surface area contributed by atoms with Crippen molar-refractivity contribution < 1.29 is 19.0 Å². The molecule has 0 aliphatic carbocycles. The van der Waals surface area contributed by atoms with E-state index in [1.807, 2.05) is 12.1 Å². The number of ether oxygens (including phenoxy) is 3. The summed E-state index contributed by atoms with van der Waals surface area (Å²) in [6.45, 7) is 1.74. The highest BCUT2D eigenvalue weighted by atomic mass is 16.7. The molecule has 4 heteroatoms. The van der Waals surface area contributed by atoms with Crippen molar-refractivity contribution in [3.8, 4) is 23.0 Å². The highest BCUT2D eigenvalue weighted by Crippen LogP contribution is 2.37. The normalized spacial score (nSPS) is 12.3. The van der Waals surface area contributed by atoms with E-state index < -0.39 is 0 Å². The summed E-state index contributed by atoms with van der Waals surface area (Å²) in [6, 6.07) is 12.5. The second-order valence-electron chi connectivity index (χ2n) is 4.17. The lowest BCUT2D eigenvalue weighted by molar-refractivity contribution is 0.101. The summed E-state index contributed by atoms with van der Waals surface area (Å²) in [7, 11) is 0. The van der Waals surface area contributed by atoms with Gasteiger partial charge in [-0.2, -0.15) is 0 Å². The molecule has 0 radical (unpaired) electrons. The van der Waals surface area contributed by atoms with Gasteiger partial charge in [-0.15, -0.1) is 0 Å². The van der Waals surface area contributed by atoms with Crippen molar-refractivity contribution >= 4 is 5.78 Å². The summed E-state index contributed by atoms with van der Waals surface area (Å²) < 4.78 is 16.3. The second kappa shape index (κ2) is 4.65. The van der Waals surface area contributed by atoms with Gasteiger partial charge in [0.05, 0.1) is 5.56 Å². The molecule has 0 aromatic heterocycles. The summed E-state index contributed by atoms with van der Waals surface area (Å²) in [4.78, 5) is 11.5. The molecule has 3 rings (SSSR count). The molecule has 0 atom stereocenters. The second-order valence-corrected chi connectivity index (χ2v) is 4.17. The number of benzene rings is 2. The first-order valence-electron chi connectivity index (χ1n) is 5.91. The van der Waals surface area contributed by atoms with Crippen LogP contribution in [0.5, 0.6) is 23.0 Å². The number of rotatable bonds is 3. The number of Topliss-reactive ketones (excluding diaryl/α,β-unsaturated/α-hetero) is 1. The maximum atomic E-state index is 11.5. The van der Waals surface area contributed by atoms with Crippen molar-refractivity contribution in [1.29, 1.82) is 0 Å². The summed E-state index contributed by atoms with van der Waals surface area (Å²) in [5, 5.41) is 0. The Bertz CT molecular complexity index is 634. The van der Waals surface area contributed by atoms with Crippen LogP contribution in [0.4, 0.5) is 0 Å². The van der Waals surface area contributed by atoms with Crippen molar-refractivity contribution in [2.75, 3.05) is 6.79 Å². The van der Waals surface area contributed by atoms with Crippen LogP contribution in [-0.2, 0) is 0 Å². The molecule has 0 bridgehead atoms. The average molecular weight is 256 g/mol. The van der Waals surface area contributed by atoms with Gasteiger partial charge in [-0.25, -0.2) is 0 Å². The van der Waals surface area contributed by atoms with Crippen LogP contribution >= 0.6 is 0 Å². The van der Waals surface area contributed by atoms with E-state index in [1.54, 1.807) is 30.3 Å². The van der Waals surface area contributed by atoms with Crippen LogP contribution in [-0.4, -0.2) is 12.6 Å². The predicted molar refractivity (Wildman–Crippen MR) is 69.1 cm³/mol. The Kier molecular flexibility index (Phi) is 2.83. The molecule has 0 saturated heterocycles. The number of carbonyl (C=O) groups excluding carboxylic acids is 1. The number of para-hydroxylation sites is 1. The molecule has 0 saturated carbocycles. The van der Waals surface area contributed by atoms with Crippen LogP contribution in [0.25, 0.3) is 0 Å². The molecule has 4 nitrogen and oxygen atoms in total. The monoisotopic (exact) mass is 256 g/mol. The van der Waals surface area contributed by atoms with Gasteiger partial charge in [0.2, 0.25) is 6.79 Å². The number of hydrogen-bond donors (Lipinski definition) is 0. The van der Waals surface area contributed by atoms with Gasteiger partial charge in [-0.05, 0) is 31.2 Å². The fourth-order valence-electron chi connectivity index (χ4n) is 1.91. The van der Waals surface area contributed by atoms with Crippen molar-refractivity contribution in [1.82, 2.24) is 0 Å². The Morgan fingerprint density at radius 3 is 2.74 bits per heavy atom. The lowest BCUT2D eigenvalue weighted by atomic mass is 10.1. The third-order valence-electron chi connectivity index (χ3n) is 2.84. The van der Waals surface area contributed by atoms with Gasteiger partial charge in [0.15, 0.2) is 17.3 Å². The molecule has 2 aromatic rings. The molecule has 1 aliphatic rings. The van der Waals surface area contributed by atoms with E-state index in [2.05, 4.69) is 0 Å². The molecule has 0 fully saturated rings. The highest BCUT2D eigenvalue weighted by Gasteiger charge is 2.15. The first-order chi connectivity index (χ1) is 9.24. The zero-order chi connectivity index (χ0) is 13.2. The van der Waals surface area contributed by atoms with Gasteiger partial charge in [-0.1, -0.05) is 12.1 Å². The van der Waals surface area contributed by atoms with E-state index in [9.17, 15) is 4.79 Å². The quantitative estimate of drug-likeness (QED) is 0.789. The average Bonchev–Trinajstić information content (AvgIpc) is 2.86. The van der Waals surface area contributed by atoms with E-state index in [4.69, 9.17) is 14.2 Å². The predicted octanol–water partition coefficient (Wildman–Crippen LogP) is 3.41. The lowest BCUT2D eigenvalue weighted by Gasteiger charge is -2.09. The van der Waals surface area contributed by atoms with Crippen molar-refractivity contribution in [3.05, 3.63) is 48.0 Å². The minimum atomic E-state index is -0.0312. The lowest BCUT2D eigenvalue weighted by Crippen LogP contribution is -1.96. The molecule has 2 aromatic carbocycles. The van der Waals surface area contributed by atoms with Gasteiger partial charge in [-0.3, -0.25) is 4.79 Å². The van der Waals surface area contributed by atoms with Crippen LogP contribution in [0, 0.1) is 0 Å². The third-order valence-corrected chi connectivity index (χ3v) is 2.84. The van der Waals surface area contributed by atoms with E-state index in [-0.39, 0.29) is 12.6 Å². The maximum Gasteiger partial charge on any atom is 0.231 e. The topological polar surface area (TPSA) is 44.8 Å². The third kappa shape index (κ3) is 2.25. The SMILES string of the molecule is CC(=O)c1ccccc1Oc1ccc2c(c1)OCO2. The molecular formula is C15H12O4. The minimum absolute atomic E-state index is 0.0312. The minimum Gasteiger partial charge on any atom is -0.456 e. The Morgan fingerprint density at radius 2 is 1.89 bits per heavy atom. The Morgan fingerprint density at radius 1 is 1.11 bits per heavy atom. The summed E-state index contributed by atoms with van der Waals surface area (Å²) in [6.07, 6.45) is 0. The van der Waals surface area contributed by atoms with Crippen LogP contribution in [0.15, 0.2) is 42.5 Å². The van der Waals surface area contributed by atoms with Crippen LogP contribution in [0.3, 0.4) is 0 Å². The summed E-state index contributed by atoms with van der Waals surface area (Å²) in [5.74, 6) is 2.47. The van der Waals surface area contributed by atoms with Gasteiger partial charge in [0.25, 0.3) is 0 Å². The Balaban J connectivity index is 1.91. The van der Waals surface area contributed by atoms with E-state index in [0.717, 1.165) is 0 Å². The Labute approximate surface area is 110 Å². The molecule has 19 heavy (non-hydrogen) atoms. The molecule has 0 unspecified atom stereocenters. The number of carbonyl (C=O) groups is 1. The molecule has 1 aliphatic heterocycles. The number of ketones is 1. The van der Waals surface area contributed by atoms with Gasteiger partial charge in [0, 0.05) is 6.07 Å². The molecule has 1 heterocycles. The maximum absolute atomic E-state index is 11.5. The van der Waals surface area contributed by atoms with Crippen molar-refractivity contribution in [2.45, 2.75) is 6.92 Å². The first kappa shape index (κ1) is 11.6. The largest absolute Gasteiger partial charge is 0.456 e. The molecule has 0 amide bonds. The molecule has 0 spiro atoms. The van der Waals surface area contributed by atoms with E-state index in [1.165, 1.54) is 6.92 Å². The zero-order valence-electron chi connectivity index (χ0n) is 10.4. The summed E-state index contributed by atoms with van der Waals surface area (Å²) in [5.41, 5.74) is 0.556. The molecule has 0 N–H and O–H groups in total. The molecular weight excluding hydrogens is 244 g/mol. The van der Waals surface area contributed by atoms with Crippen LogP contribution < -0.4 is 14.2 Å². The molecule has 96 valence electrons.